The number of aryl methyl sites for hydroxylation is 1. The summed E-state index contributed by atoms with van der Waals surface area (Å²) < 4.78 is 6.99. The van der Waals surface area contributed by atoms with E-state index < -0.39 is 0 Å². The predicted molar refractivity (Wildman–Crippen MR) is 92.8 cm³/mol. The van der Waals surface area contributed by atoms with Crippen molar-refractivity contribution in [3.63, 3.8) is 0 Å². The summed E-state index contributed by atoms with van der Waals surface area (Å²) in [5.41, 5.74) is 2.71. The normalized spacial score (nSPS) is 10.6. The standard InChI is InChI=1S/C16H13Br2ClO2/c1-8-7-12(18)9(2)13(16(8)21-3)15(20)10-5-4-6-11(17)14(10)19/h4-7H,1-3H3. The summed E-state index contributed by atoms with van der Waals surface area (Å²) >= 11 is 13.1. The predicted octanol–water partition coefficient (Wildman–Crippen LogP) is 5.72. The lowest BCUT2D eigenvalue weighted by molar-refractivity contribution is 0.103. The third-order valence-corrected chi connectivity index (χ3v) is 5.41. The van der Waals surface area contributed by atoms with Crippen LogP contribution in [-0.2, 0) is 0 Å². The minimum atomic E-state index is -0.153. The summed E-state index contributed by atoms with van der Waals surface area (Å²) in [6.07, 6.45) is 0. The van der Waals surface area contributed by atoms with E-state index in [9.17, 15) is 4.79 Å². The van der Waals surface area contributed by atoms with E-state index in [2.05, 4.69) is 31.9 Å². The Hall–Kier alpha value is -0.840. The largest absolute Gasteiger partial charge is 0.496 e. The molecular weight excluding hydrogens is 419 g/mol. The van der Waals surface area contributed by atoms with Crippen LogP contribution in [0, 0.1) is 13.8 Å². The Bertz CT molecular complexity index is 727. The molecule has 0 N–H and O–H groups in total. The van der Waals surface area contributed by atoms with Crippen molar-refractivity contribution in [3.8, 4) is 5.75 Å². The number of rotatable bonds is 3. The van der Waals surface area contributed by atoms with Crippen molar-refractivity contribution in [3.05, 3.63) is 60.5 Å². The molecule has 0 aromatic heterocycles. The summed E-state index contributed by atoms with van der Waals surface area (Å²) in [5, 5.41) is 0.404. The lowest BCUT2D eigenvalue weighted by Crippen LogP contribution is -2.09. The first-order chi connectivity index (χ1) is 9.88. The second-order valence-corrected chi connectivity index (χ2v) is 6.73. The molecule has 2 aromatic rings. The van der Waals surface area contributed by atoms with Crippen LogP contribution in [0.4, 0.5) is 0 Å². The highest BCUT2D eigenvalue weighted by Crippen LogP contribution is 2.36. The maximum atomic E-state index is 12.9. The average Bonchev–Trinajstić information content (AvgIpc) is 2.44. The van der Waals surface area contributed by atoms with Gasteiger partial charge in [-0.3, -0.25) is 4.79 Å². The molecular formula is C16H13Br2ClO2. The molecule has 0 atom stereocenters. The van der Waals surface area contributed by atoms with E-state index in [1.54, 1.807) is 25.3 Å². The molecule has 0 amide bonds. The molecule has 0 radical (unpaired) electrons. The van der Waals surface area contributed by atoms with E-state index in [1.165, 1.54) is 0 Å². The molecule has 2 aromatic carbocycles. The van der Waals surface area contributed by atoms with Crippen LogP contribution in [0.2, 0.25) is 5.02 Å². The molecule has 0 spiro atoms. The molecule has 0 saturated heterocycles. The lowest BCUT2D eigenvalue weighted by atomic mass is 9.96. The molecule has 0 unspecified atom stereocenters. The maximum Gasteiger partial charge on any atom is 0.198 e. The van der Waals surface area contributed by atoms with Crippen LogP contribution in [0.25, 0.3) is 0 Å². The summed E-state index contributed by atoms with van der Waals surface area (Å²) in [7, 11) is 1.56. The van der Waals surface area contributed by atoms with E-state index >= 15 is 0 Å². The quantitative estimate of drug-likeness (QED) is 0.580. The molecule has 110 valence electrons. The monoisotopic (exact) mass is 430 g/mol. The molecule has 0 heterocycles. The van der Waals surface area contributed by atoms with Crippen LogP contribution in [0.15, 0.2) is 33.2 Å². The van der Waals surface area contributed by atoms with Gasteiger partial charge in [0, 0.05) is 14.5 Å². The maximum absolute atomic E-state index is 12.9. The Morgan fingerprint density at radius 2 is 1.86 bits per heavy atom. The van der Waals surface area contributed by atoms with E-state index in [-0.39, 0.29) is 5.78 Å². The average molecular weight is 433 g/mol. The second kappa shape index (κ2) is 6.51. The fraction of sp³-hybridized carbons (Fsp3) is 0.188. The van der Waals surface area contributed by atoms with Crippen molar-refractivity contribution in [2.45, 2.75) is 13.8 Å². The number of methoxy groups -OCH3 is 1. The fourth-order valence-electron chi connectivity index (χ4n) is 2.20. The van der Waals surface area contributed by atoms with Crippen LogP contribution in [-0.4, -0.2) is 12.9 Å². The van der Waals surface area contributed by atoms with Crippen molar-refractivity contribution in [2.24, 2.45) is 0 Å². The first-order valence-electron chi connectivity index (χ1n) is 6.20. The van der Waals surface area contributed by atoms with Crippen LogP contribution in [0.5, 0.6) is 5.75 Å². The van der Waals surface area contributed by atoms with Crippen LogP contribution in [0.1, 0.15) is 27.0 Å². The number of hydrogen-bond acceptors (Lipinski definition) is 2. The van der Waals surface area contributed by atoms with Crippen molar-refractivity contribution >= 4 is 49.2 Å². The molecule has 0 aliphatic carbocycles. The van der Waals surface area contributed by atoms with Gasteiger partial charge in [0.15, 0.2) is 5.78 Å². The van der Waals surface area contributed by atoms with Gasteiger partial charge in [-0.05, 0) is 59.1 Å². The Kier molecular flexibility index (Phi) is 5.12. The molecule has 2 nitrogen and oxygen atoms in total. The number of hydrogen-bond donors (Lipinski definition) is 0. The molecule has 0 bridgehead atoms. The van der Waals surface area contributed by atoms with Gasteiger partial charge in [0.1, 0.15) is 5.75 Å². The summed E-state index contributed by atoms with van der Waals surface area (Å²) in [4.78, 5) is 12.9. The van der Waals surface area contributed by atoms with Gasteiger partial charge < -0.3 is 4.74 Å². The number of ether oxygens (including phenoxy) is 1. The third-order valence-electron chi connectivity index (χ3n) is 3.29. The SMILES string of the molecule is COc1c(C)cc(Br)c(C)c1C(=O)c1cccc(Br)c1Cl. The first-order valence-corrected chi connectivity index (χ1v) is 8.17. The zero-order valence-corrected chi connectivity index (χ0v) is 15.7. The smallest absolute Gasteiger partial charge is 0.198 e. The van der Waals surface area contributed by atoms with Crippen molar-refractivity contribution < 1.29 is 9.53 Å². The molecule has 0 saturated carbocycles. The molecule has 21 heavy (non-hydrogen) atoms. The van der Waals surface area contributed by atoms with Crippen molar-refractivity contribution in [1.82, 2.24) is 0 Å². The number of halogens is 3. The summed E-state index contributed by atoms with van der Waals surface area (Å²) in [6.45, 7) is 3.79. The zero-order valence-electron chi connectivity index (χ0n) is 11.8. The van der Waals surface area contributed by atoms with Gasteiger partial charge in [-0.2, -0.15) is 0 Å². The zero-order chi connectivity index (χ0) is 15.7. The van der Waals surface area contributed by atoms with E-state index in [1.807, 2.05) is 19.9 Å². The third kappa shape index (κ3) is 3.03. The Morgan fingerprint density at radius 3 is 2.48 bits per heavy atom. The van der Waals surface area contributed by atoms with E-state index in [4.69, 9.17) is 16.3 Å². The number of ketones is 1. The van der Waals surface area contributed by atoms with Crippen molar-refractivity contribution in [2.75, 3.05) is 7.11 Å². The van der Waals surface area contributed by atoms with E-state index in [0.717, 1.165) is 15.6 Å². The van der Waals surface area contributed by atoms with Crippen molar-refractivity contribution in [1.29, 1.82) is 0 Å². The van der Waals surface area contributed by atoms with E-state index in [0.29, 0.717) is 26.4 Å². The first kappa shape index (κ1) is 16.5. The van der Waals surface area contributed by atoms with Gasteiger partial charge in [0.25, 0.3) is 0 Å². The van der Waals surface area contributed by atoms with Gasteiger partial charge in [-0.1, -0.05) is 33.6 Å². The second-order valence-electron chi connectivity index (χ2n) is 4.64. The molecule has 0 aliphatic rings. The molecule has 0 fully saturated rings. The number of carbonyl (C=O) groups is 1. The highest BCUT2D eigenvalue weighted by Gasteiger charge is 2.23. The minimum absolute atomic E-state index is 0.153. The fourth-order valence-corrected chi connectivity index (χ4v) is 3.32. The molecule has 2 rings (SSSR count). The topological polar surface area (TPSA) is 26.3 Å². The van der Waals surface area contributed by atoms with Crippen LogP contribution >= 0.6 is 43.5 Å². The highest BCUT2D eigenvalue weighted by atomic mass is 79.9. The van der Waals surface area contributed by atoms with Gasteiger partial charge in [-0.15, -0.1) is 0 Å². The lowest BCUT2D eigenvalue weighted by Gasteiger charge is -2.16. The van der Waals surface area contributed by atoms with Gasteiger partial charge in [0.2, 0.25) is 0 Å². The van der Waals surface area contributed by atoms with Gasteiger partial charge in [0.05, 0.1) is 17.7 Å². The van der Waals surface area contributed by atoms with Gasteiger partial charge in [-0.25, -0.2) is 0 Å². The molecule has 0 aliphatic heterocycles. The van der Waals surface area contributed by atoms with Crippen LogP contribution in [0.3, 0.4) is 0 Å². The Labute approximate surface area is 145 Å². The Morgan fingerprint density at radius 1 is 1.19 bits per heavy atom. The molecule has 5 heteroatoms. The minimum Gasteiger partial charge on any atom is -0.496 e. The Balaban J connectivity index is 2.72. The number of benzene rings is 2. The summed E-state index contributed by atoms with van der Waals surface area (Å²) in [6, 6.07) is 7.24. The number of carbonyl (C=O) groups excluding carboxylic acids is 1. The van der Waals surface area contributed by atoms with Gasteiger partial charge >= 0.3 is 0 Å². The summed E-state index contributed by atoms with van der Waals surface area (Å²) in [5.74, 6) is 0.428. The highest BCUT2D eigenvalue weighted by molar-refractivity contribution is 9.10. The van der Waals surface area contributed by atoms with Crippen LogP contribution < -0.4 is 4.74 Å².